The summed E-state index contributed by atoms with van der Waals surface area (Å²) in [6.07, 6.45) is 4.92. The number of carbonyl (C=O) groups is 2. The topological polar surface area (TPSA) is 61.8 Å². The van der Waals surface area contributed by atoms with E-state index < -0.39 is 17.2 Å². The molecule has 179 valence electrons. The number of esters is 1. The van der Waals surface area contributed by atoms with Crippen molar-refractivity contribution in [2.75, 3.05) is 13.2 Å². The van der Waals surface area contributed by atoms with Gasteiger partial charge in [-0.1, -0.05) is 78.4 Å². The number of fused-ring (bicyclic) bond motifs is 3. The third-order valence-corrected chi connectivity index (χ3v) is 8.09. The summed E-state index contributed by atoms with van der Waals surface area (Å²) in [5.41, 5.74) is -0.484. The summed E-state index contributed by atoms with van der Waals surface area (Å²) >= 11 is 0. The highest BCUT2D eigenvalue weighted by atomic mass is 16.7. The summed E-state index contributed by atoms with van der Waals surface area (Å²) in [5.74, 6) is -1.33. The highest BCUT2D eigenvalue weighted by Crippen LogP contribution is 2.63. The predicted molar refractivity (Wildman–Crippen MR) is 128 cm³/mol. The number of carbonyl (C=O) groups excluding carboxylic acids is 2. The number of hydrogen-bond acceptors (Lipinski definition) is 5. The van der Waals surface area contributed by atoms with Crippen LogP contribution in [0.1, 0.15) is 78.2 Å². The van der Waals surface area contributed by atoms with Gasteiger partial charge in [-0.2, -0.15) is 0 Å². The van der Waals surface area contributed by atoms with E-state index in [1.807, 2.05) is 31.2 Å². The van der Waals surface area contributed by atoms with Crippen LogP contribution in [0.4, 0.5) is 0 Å². The molecule has 1 aromatic carbocycles. The summed E-state index contributed by atoms with van der Waals surface area (Å²) in [6.45, 7) is 11.7. The number of ether oxygens (including phenoxy) is 3. The fourth-order valence-electron chi connectivity index (χ4n) is 6.29. The summed E-state index contributed by atoms with van der Waals surface area (Å²) in [5, 5.41) is 0. The van der Waals surface area contributed by atoms with Crippen LogP contribution in [0, 0.1) is 22.7 Å². The monoisotopic (exact) mass is 453 g/mol. The van der Waals surface area contributed by atoms with E-state index >= 15 is 0 Å². The maximum atomic E-state index is 13.9. The lowest BCUT2D eigenvalue weighted by molar-refractivity contribution is -0.347. The van der Waals surface area contributed by atoms with Crippen LogP contribution < -0.4 is 4.74 Å². The molecular formula is C27H38BO5. The molecular weight excluding hydrogens is 415 g/mol. The fourth-order valence-corrected chi connectivity index (χ4v) is 6.29. The van der Waals surface area contributed by atoms with Crippen molar-refractivity contribution in [3.63, 3.8) is 0 Å². The normalized spacial score (nSPS) is 31.9. The molecule has 1 radical (unpaired) electrons. The molecule has 5 nitrogen and oxygen atoms in total. The molecule has 0 bridgehead atoms. The summed E-state index contributed by atoms with van der Waals surface area (Å²) in [7, 11) is 1.69. The van der Waals surface area contributed by atoms with Crippen molar-refractivity contribution in [1.29, 1.82) is 0 Å². The van der Waals surface area contributed by atoms with Crippen molar-refractivity contribution in [3.8, 4) is 5.75 Å². The average molecular weight is 453 g/mol. The molecule has 1 spiro atoms. The molecule has 0 N–H and O–H groups in total. The molecule has 1 aromatic rings. The molecule has 2 aliphatic heterocycles. The van der Waals surface area contributed by atoms with Crippen molar-refractivity contribution in [3.05, 3.63) is 29.8 Å². The van der Waals surface area contributed by atoms with Gasteiger partial charge in [-0.3, -0.25) is 4.79 Å². The Balaban J connectivity index is 1.87. The van der Waals surface area contributed by atoms with E-state index in [1.54, 1.807) is 7.28 Å². The molecule has 4 atom stereocenters. The molecule has 4 rings (SSSR count). The molecule has 1 aliphatic carbocycles. The van der Waals surface area contributed by atoms with Crippen molar-refractivity contribution in [1.82, 2.24) is 0 Å². The zero-order valence-corrected chi connectivity index (χ0v) is 20.8. The highest BCUT2D eigenvalue weighted by molar-refractivity contribution is 6.76. The SMILES string of the molecule is CC[B]C(=O)C12C(=O)Oc3ccccc3C1CC1(OCC(C)(C)CO1)C(C)C2CCCCC. The van der Waals surface area contributed by atoms with Gasteiger partial charge in [0.2, 0.25) is 7.28 Å². The Kier molecular flexibility index (Phi) is 6.81. The van der Waals surface area contributed by atoms with Gasteiger partial charge in [-0.15, -0.1) is 0 Å². The molecule has 33 heavy (non-hydrogen) atoms. The van der Waals surface area contributed by atoms with Crippen LogP contribution in [-0.2, 0) is 19.1 Å². The first-order chi connectivity index (χ1) is 15.7. The molecule has 0 amide bonds. The molecule has 6 heteroatoms. The first kappa shape index (κ1) is 24.5. The van der Waals surface area contributed by atoms with E-state index in [0.29, 0.717) is 31.7 Å². The van der Waals surface area contributed by atoms with E-state index in [-0.39, 0.29) is 28.9 Å². The van der Waals surface area contributed by atoms with Crippen LogP contribution in [0.5, 0.6) is 5.75 Å². The molecule has 2 heterocycles. The van der Waals surface area contributed by atoms with Gasteiger partial charge in [-0.25, -0.2) is 0 Å². The molecule has 0 aromatic heterocycles. The smallest absolute Gasteiger partial charge is 0.325 e. The third-order valence-electron chi connectivity index (χ3n) is 8.09. The Bertz CT molecular complexity index is 886. The fraction of sp³-hybridized carbons (Fsp3) is 0.704. The van der Waals surface area contributed by atoms with Gasteiger partial charge in [0.05, 0.1) is 13.2 Å². The van der Waals surface area contributed by atoms with Crippen molar-refractivity contribution in [2.45, 2.75) is 84.7 Å². The van der Waals surface area contributed by atoms with E-state index in [9.17, 15) is 9.59 Å². The second-order valence-corrected chi connectivity index (χ2v) is 11.0. The number of hydrogen-bond donors (Lipinski definition) is 0. The van der Waals surface area contributed by atoms with E-state index in [4.69, 9.17) is 14.2 Å². The summed E-state index contributed by atoms with van der Waals surface area (Å²) in [6, 6.07) is 7.65. The minimum absolute atomic E-state index is 0.0631. The Labute approximate surface area is 199 Å². The number of rotatable bonds is 7. The molecule has 1 saturated heterocycles. The zero-order chi connectivity index (χ0) is 23.9. The standard InChI is InChI=1S/C27H38BO5/c1-6-8-9-13-20-18(3)26(31-16-25(4,5)17-32-26)15-21-19-12-10-11-14-22(19)33-24(30)27(20,21)23(29)28-7-2/h10-12,14,18,20-21H,6-9,13,15-17H2,1-5H3. The first-order valence-corrected chi connectivity index (χ1v) is 12.7. The van der Waals surface area contributed by atoms with E-state index in [2.05, 4.69) is 27.7 Å². The Morgan fingerprint density at radius 2 is 1.82 bits per heavy atom. The first-order valence-electron chi connectivity index (χ1n) is 12.7. The maximum Gasteiger partial charge on any atom is 0.325 e. The largest absolute Gasteiger partial charge is 0.425 e. The van der Waals surface area contributed by atoms with Gasteiger partial charge < -0.3 is 19.0 Å². The lowest BCUT2D eigenvalue weighted by atomic mass is 9.44. The predicted octanol–water partition coefficient (Wildman–Crippen LogP) is 5.35. The van der Waals surface area contributed by atoms with Crippen LogP contribution in [-0.4, -0.2) is 37.9 Å². The van der Waals surface area contributed by atoms with Crippen LogP contribution in [0.3, 0.4) is 0 Å². The second kappa shape index (κ2) is 9.18. The van der Waals surface area contributed by atoms with Gasteiger partial charge in [0, 0.05) is 23.7 Å². The Morgan fingerprint density at radius 1 is 1.12 bits per heavy atom. The van der Waals surface area contributed by atoms with Crippen molar-refractivity contribution >= 4 is 18.9 Å². The van der Waals surface area contributed by atoms with Crippen LogP contribution in [0.25, 0.3) is 0 Å². The van der Waals surface area contributed by atoms with E-state index in [0.717, 1.165) is 31.2 Å². The van der Waals surface area contributed by atoms with Gasteiger partial charge in [0.1, 0.15) is 16.8 Å². The average Bonchev–Trinajstić information content (AvgIpc) is 2.78. The molecule has 1 saturated carbocycles. The molecule has 3 aliphatic rings. The Morgan fingerprint density at radius 3 is 2.48 bits per heavy atom. The second-order valence-electron chi connectivity index (χ2n) is 11.0. The minimum Gasteiger partial charge on any atom is -0.425 e. The van der Waals surface area contributed by atoms with Crippen molar-refractivity contribution in [2.24, 2.45) is 22.7 Å². The van der Waals surface area contributed by atoms with Crippen molar-refractivity contribution < 1.29 is 23.8 Å². The number of unbranched alkanes of at least 4 members (excludes halogenated alkanes) is 2. The minimum atomic E-state index is -1.23. The van der Waals surface area contributed by atoms with Gasteiger partial charge >= 0.3 is 5.97 Å². The number of benzene rings is 1. The molecule has 2 fully saturated rings. The summed E-state index contributed by atoms with van der Waals surface area (Å²) < 4.78 is 19.0. The maximum absolute atomic E-state index is 13.9. The van der Waals surface area contributed by atoms with Crippen LogP contribution in [0.2, 0.25) is 6.32 Å². The van der Waals surface area contributed by atoms with Gasteiger partial charge in [-0.05, 0) is 24.0 Å². The lowest BCUT2D eigenvalue weighted by Gasteiger charge is -2.60. The van der Waals surface area contributed by atoms with E-state index in [1.165, 1.54) is 0 Å². The zero-order valence-electron chi connectivity index (χ0n) is 20.8. The quantitative estimate of drug-likeness (QED) is 0.183. The van der Waals surface area contributed by atoms with Gasteiger partial charge in [0.25, 0.3) is 0 Å². The highest BCUT2D eigenvalue weighted by Gasteiger charge is 2.69. The summed E-state index contributed by atoms with van der Waals surface area (Å²) in [4.78, 5) is 27.7. The Hall–Kier alpha value is -1.66. The number of para-hydroxylation sites is 1. The van der Waals surface area contributed by atoms with Crippen LogP contribution >= 0.6 is 0 Å². The van der Waals surface area contributed by atoms with Crippen LogP contribution in [0.15, 0.2) is 24.3 Å². The van der Waals surface area contributed by atoms with Gasteiger partial charge in [0.15, 0.2) is 5.79 Å². The third kappa shape index (κ3) is 3.97. The molecule has 4 unspecified atom stereocenters. The lowest BCUT2D eigenvalue weighted by Crippen LogP contribution is -2.67.